The smallest absolute Gasteiger partial charge is 0.168 e. The van der Waals surface area contributed by atoms with Crippen molar-refractivity contribution in [3.8, 4) is 0 Å². The second-order valence-corrected chi connectivity index (χ2v) is 4.22. The first-order chi connectivity index (χ1) is 7.38. The van der Waals surface area contributed by atoms with Gasteiger partial charge in [-0.1, -0.05) is 32.1 Å². The van der Waals surface area contributed by atoms with Gasteiger partial charge in [-0.25, -0.2) is 9.97 Å². The lowest BCUT2D eigenvalue weighted by Crippen LogP contribution is -2.11. The van der Waals surface area contributed by atoms with Crippen molar-refractivity contribution in [1.82, 2.24) is 9.97 Å². The van der Waals surface area contributed by atoms with E-state index < -0.39 is 0 Å². The third-order valence-corrected chi connectivity index (χ3v) is 3.04. The van der Waals surface area contributed by atoms with Crippen LogP contribution in [0, 0.1) is 5.92 Å². The highest BCUT2D eigenvalue weighted by Crippen LogP contribution is 2.25. The van der Waals surface area contributed by atoms with Gasteiger partial charge in [-0.05, 0) is 12.0 Å². The average molecular weight is 204 g/mol. The van der Waals surface area contributed by atoms with Crippen molar-refractivity contribution in [1.29, 1.82) is 0 Å². The van der Waals surface area contributed by atoms with Gasteiger partial charge in [-0.3, -0.25) is 4.79 Å². The number of aromatic nitrogens is 2. The van der Waals surface area contributed by atoms with Crippen LogP contribution in [0.1, 0.15) is 48.4 Å². The van der Waals surface area contributed by atoms with Gasteiger partial charge in [0, 0.05) is 12.6 Å². The summed E-state index contributed by atoms with van der Waals surface area (Å²) in [6.45, 7) is 0. The van der Waals surface area contributed by atoms with Crippen molar-refractivity contribution in [3.05, 3.63) is 23.8 Å². The SMILES string of the molecule is O=Cc1ccnc(CC2CCCCC2)n1. The molecule has 0 atom stereocenters. The lowest BCUT2D eigenvalue weighted by molar-refractivity contribution is 0.111. The predicted octanol–water partition coefficient (Wildman–Crippen LogP) is 2.41. The molecule has 3 heteroatoms. The minimum absolute atomic E-state index is 0.496. The van der Waals surface area contributed by atoms with Crippen molar-refractivity contribution in [2.45, 2.75) is 38.5 Å². The van der Waals surface area contributed by atoms with Gasteiger partial charge in [0.2, 0.25) is 0 Å². The maximum absolute atomic E-state index is 10.6. The minimum Gasteiger partial charge on any atom is -0.296 e. The molecule has 1 saturated carbocycles. The Morgan fingerprint density at radius 3 is 2.87 bits per heavy atom. The Hall–Kier alpha value is -1.25. The summed E-state index contributed by atoms with van der Waals surface area (Å²) in [4.78, 5) is 19.0. The molecule has 80 valence electrons. The lowest BCUT2D eigenvalue weighted by atomic mass is 9.87. The van der Waals surface area contributed by atoms with Gasteiger partial charge in [0.15, 0.2) is 6.29 Å². The summed E-state index contributed by atoms with van der Waals surface area (Å²) in [5, 5.41) is 0. The molecule has 1 fully saturated rings. The molecule has 0 aliphatic heterocycles. The monoisotopic (exact) mass is 204 g/mol. The normalized spacial score (nSPS) is 17.6. The Kier molecular flexibility index (Phi) is 3.43. The molecule has 0 bridgehead atoms. The first kappa shape index (κ1) is 10.3. The van der Waals surface area contributed by atoms with Crippen LogP contribution in [-0.2, 0) is 6.42 Å². The van der Waals surface area contributed by atoms with Crippen molar-refractivity contribution in [3.63, 3.8) is 0 Å². The van der Waals surface area contributed by atoms with Crippen LogP contribution in [0.25, 0.3) is 0 Å². The second kappa shape index (κ2) is 5.01. The van der Waals surface area contributed by atoms with E-state index in [9.17, 15) is 4.79 Å². The molecule has 1 aliphatic carbocycles. The molecular weight excluding hydrogens is 188 g/mol. The highest BCUT2D eigenvalue weighted by Gasteiger charge is 2.15. The Morgan fingerprint density at radius 2 is 2.13 bits per heavy atom. The number of carbonyl (C=O) groups is 1. The van der Waals surface area contributed by atoms with Gasteiger partial charge in [-0.15, -0.1) is 0 Å². The highest BCUT2D eigenvalue weighted by atomic mass is 16.1. The van der Waals surface area contributed by atoms with Gasteiger partial charge < -0.3 is 0 Å². The number of hydrogen-bond acceptors (Lipinski definition) is 3. The number of rotatable bonds is 3. The minimum atomic E-state index is 0.496. The first-order valence-electron chi connectivity index (χ1n) is 5.65. The molecule has 1 aromatic heterocycles. The summed E-state index contributed by atoms with van der Waals surface area (Å²) in [7, 11) is 0. The summed E-state index contributed by atoms with van der Waals surface area (Å²) >= 11 is 0. The Balaban J connectivity index is 1.99. The Morgan fingerprint density at radius 1 is 1.33 bits per heavy atom. The Bertz CT molecular complexity index is 332. The van der Waals surface area contributed by atoms with Gasteiger partial charge in [0.25, 0.3) is 0 Å². The molecule has 15 heavy (non-hydrogen) atoms. The number of aldehydes is 1. The zero-order chi connectivity index (χ0) is 10.5. The van der Waals surface area contributed by atoms with Crippen LogP contribution in [0.15, 0.2) is 12.3 Å². The van der Waals surface area contributed by atoms with Crippen molar-refractivity contribution in [2.24, 2.45) is 5.92 Å². The van der Waals surface area contributed by atoms with E-state index in [1.165, 1.54) is 32.1 Å². The second-order valence-electron chi connectivity index (χ2n) is 4.22. The molecule has 1 aliphatic rings. The topological polar surface area (TPSA) is 42.9 Å². The molecule has 1 heterocycles. The van der Waals surface area contributed by atoms with E-state index in [0.29, 0.717) is 5.69 Å². The summed E-state index contributed by atoms with van der Waals surface area (Å²) in [5.74, 6) is 1.55. The van der Waals surface area contributed by atoms with Crippen molar-refractivity contribution < 1.29 is 4.79 Å². The van der Waals surface area contributed by atoms with Crippen LogP contribution < -0.4 is 0 Å². The molecular formula is C12H16N2O. The molecule has 0 saturated heterocycles. The van der Waals surface area contributed by atoms with E-state index in [1.54, 1.807) is 12.3 Å². The van der Waals surface area contributed by atoms with Gasteiger partial charge in [0.05, 0.1) is 0 Å². The first-order valence-corrected chi connectivity index (χ1v) is 5.65. The summed E-state index contributed by atoms with van der Waals surface area (Å²) < 4.78 is 0. The number of hydrogen-bond donors (Lipinski definition) is 0. The van der Waals surface area contributed by atoms with Gasteiger partial charge in [-0.2, -0.15) is 0 Å². The zero-order valence-electron chi connectivity index (χ0n) is 8.85. The fraction of sp³-hybridized carbons (Fsp3) is 0.583. The fourth-order valence-electron chi connectivity index (χ4n) is 2.23. The quantitative estimate of drug-likeness (QED) is 0.710. The lowest BCUT2D eigenvalue weighted by Gasteiger charge is -2.20. The molecule has 0 aromatic carbocycles. The molecule has 0 unspecified atom stereocenters. The van der Waals surface area contributed by atoms with E-state index in [2.05, 4.69) is 9.97 Å². The van der Waals surface area contributed by atoms with Crippen LogP contribution in [0.4, 0.5) is 0 Å². The molecule has 0 amide bonds. The standard InChI is InChI=1S/C12H16N2O/c15-9-11-6-7-13-12(14-11)8-10-4-2-1-3-5-10/h6-7,9-10H,1-5,8H2. The summed E-state index contributed by atoms with van der Waals surface area (Å²) in [5.41, 5.74) is 0.496. The van der Waals surface area contributed by atoms with E-state index in [-0.39, 0.29) is 0 Å². The summed E-state index contributed by atoms with van der Waals surface area (Å²) in [6.07, 6.45) is 9.99. The maximum Gasteiger partial charge on any atom is 0.168 e. The van der Waals surface area contributed by atoms with E-state index in [0.717, 1.165) is 24.4 Å². The molecule has 2 rings (SSSR count). The van der Waals surface area contributed by atoms with Gasteiger partial charge >= 0.3 is 0 Å². The molecule has 0 N–H and O–H groups in total. The van der Waals surface area contributed by atoms with Crippen LogP contribution in [0.3, 0.4) is 0 Å². The third kappa shape index (κ3) is 2.85. The predicted molar refractivity (Wildman–Crippen MR) is 57.7 cm³/mol. The van der Waals surface area contributed by atoms with Gasteiger partial charge in [0.1, 0.15) is 11.5 Å². The van der Waals surface area contributed by atoms with Crippen molar-refractivity contribution in [2.75, 3.05) is 0 Å². The van der Waals surface area contributed by atoms with E-state index in [4.69, 9.17) is 0 Å². The Labute approximate surface area is 89.9 Å². The molecule has 0 radical (unpaired) electrons. The van der Waals surface area contributed by atoms with Crippen molar-refractivity contribution >= 4 is 6.29 Å². The molecule has 0 spiro atoms. The highest BCUT2D eigenvalue weighted by molar-refractivity contribution is 5.71. The van der Waals surface area contributed by atoms with Crippen LogP contribution in [0.5, 0.6) is 0 Å². The maximum atomic E-state index is 10.6. The molecule has 3 nitrogen and oxygen atoms in total. The molecule has 1 aromatic rings. The largest absolute Gasteiger partial charge is 0.296 e. The number of carbonyl (C=O) groups excluding carboxylic acids is 1. The van der Waals surface area contributed by atoms with Crippen LogP contribution in [0.2, 0.25) is 0 Å². The third-order valence-electron chi connectivity index (χ3n) is 3.04. The van der Waals surface area contributed by atoms with E-state index >= 15 is 0 Å². The zero-order valence-corrected chi connectivity index (χ0v) is 8.85. The number of nitrogens with zero attached hydrogens (tertiary/aromatic N) is 2. The fourth-order valence-corrected chi connectivity index (χ4v) is 2.23. The van der Waals surface area contributed by atoms with Crippen LogP contribution in [-0.4, -0.2) is 16.3 Å². The van der Waals surface area contributed by atoms with E-state index in [1.807, 2.05) is 0 Å². The van der Waals surface area contributed by atoms with Crippen LogP contribution >= 0.6 is 0 Å². The average Bonchev–Trinajstić information content (AvgIpc) is 2.31. The summed E-state index contributed by atoms with van der Waals surface area (Å²) in [6, 6.07) is 1.65.